The minimum atomic E-state index is -0.317. The van der Waals surface area contributed by atoms with E-state index in [1.165, 1.54) is 4.90 Å². The molecule has 4 heteroatoms. The number of hydrogen-bond acceptors (Lipinski definition) is 2. The summed E-state index contributed by atoms with van der Waals surface area (Å²) in [7, 11) is 0. The minimum absolute atomic E-state index is 0.0800. The fourth-order valence-electron chi connectivity index (χ4n) is 1.26. The fourth-order valence-corrected chi connectivity index (χ4v) is 1.26. The third-order valence-electron chi connectivity index (χ3n) is 1.82. The third-order valence-corrected chi connectivity index (χ3v) is 1.82. The summed E-state index contributed by atoms with van der Waals surface area (Å²) in [6.07, 6.45) is 0. The van der Waals surface area contributed by atoms with Gasteiger partial charge < -0.3 is 4.90 Å². The van der Waals surface area contributed by atoms with Crippen molar-refractivity contribution in [3.05, 3.63) is 0 Å². The zero-order valence-electron chi connectivity index (χ0n) is 6.92. The molecule has 4 nitrogen and oxygen atoms in total. The van der Waals surface area contributed by atoms with E-state index >= 15 is 0 Å². The molecule has 11 heavy (non-hydrogen) atoms. The fraction of sp³-hybridized carbons (Fsp3) is 0.714. The Bertz CT molecular complexity index is 201. The first-order valence-electron chi connectivity index (χ1n) is 3.67. The van der Waals surface area contributed by atoms with E-state index in [9.17, 15) is 9.59 Å². The summed E-state index contributed by atoms with van der Waals surface area (Å²) >= 11 is 0. The molecule has 0 aromatic rings. The van der Waals surface area contributed by atoms with Crippen LogP contribution < -0.4 is 5.32 Å². The van der Waals surface area contributed by atoms with Crippen LogP contribution in [0.1, 0.15) is 20.8 Å². The Morgan fingerprint density at radius 3 is 2.18 bits per heavy atom. The molecule has 62 valence electrons. The molecule has 1 atom stereocenters. The first-order valence-corrected chi connectivity index (χ1v) is 3.67. The van der Waals surface area contributed by atoms with Gasteiger partial charge in [-0.2, -0.15) is 0 Å². The molecule has 0 aromatic carbocycles. The predicted molar refractivity (Wildman–Crippen MR) is 40.0 cm³/mol. The van der Waals surface area contributed by atoms with Gasteiger partial charge in [-0.3, -0.25) is 10.1 Å². The van der Waals surface area contributed by atoms with Crippen LogP contribution in [0.25, 0.3) is 0 Å². The third kappa shape index (κ3) is 1.20. The van der Waals surface area contributed by atoms with Crippen LogP contribution in [0, 0.1) is 0 Å². The highest BCUT2D eigenvalue weighted by Crippen LogP contribution is 2.11. The molecule has 0 spiro atoms. The van der Waals surface area contributed by atoms with E-state index < -0.39 is 0 Å². The number of amides is 3. The van der Waals surface area contributed by atoms with Gasteiger partial charge in [-0.1, -0.05) is 0 Å². The zero-order valence-corrected chi connectivity index (χ0v) is 6.92. The Balaban J connectivity index is 2.79. The number of hydrogen-bond donors (Lipinski definition) is 1. The minimum Gasteiger partial charge on any atom is -0.310 e. The number of urea groups is 1. The predicted octanol–water partition coefficient (Wildman–Crippen LogP) is 0.335. The van der Waals surface area contributed by atoms with Gasteiger partial charge in [0.05, 0.1) is 0 Å². The van der Waals surface area contributed by atoms with Gasteiger partial charge in [0.1, 0.15) is 6.04 Å². The van der Waals surface area contributed by atoms with Crippen molar-refractivity contribution in [3.8, 4) is 0 Å². The molecular formula is C7H12N2O2. The maximum Gasteiger partial charge on any atom is 0.325 e. The second-order valence-electron chi connectivity index (χ2n) is 2.97. The first-order chi connectivity index (χ1) is 5.04. The van der Waals surface area contributed by atoms with Gasteiger partial charge in [0.25, 0.3) is 5.91 Å². The summed E-state index contributed by atoms with van der Waals surface area (Å²) in [5.41, 5.74) is 0. The van der Waals surface area contributed by atoms with Crippen molar-refractivity contribution in [2.45, 2.75) is 32.9 Å². The van der Waals surface area contributed by atoms with Crippen LogP contribution in [0.5, 0.6) is 0 Å². The van der Waals surface area contributed by atoms with Crippen molar-refractivity contribution >= 4 is 11.9 Å². The highest BCUT2D eigenvalue weighted by molar-refractivity contribution is 6.03. The van der Waals surface area contributed by atoms with Crippen LogP contribution >= 0.6 is 0 Å². The molecule has 0 aliphatic carbocycles. The molecule has 1 heterocycles. The number of nitrogens with one attached hydrogen (secondary N) is 1. The van der Waals surface area contributed by atoms with E-state index in [-0.39, 0.29) is 24.0 Å². The summed E-state index contributed by atoms with van der Waals surface area (Å²) in [5.74, 6) is -0.205. The van der Waals surface area contributed by atoms with Crippen LogP contribution in [0.2, 0.25) is 0 Å². The normalized spacial score (nSPS) is 24.7. The van der Waals surface area contributed by atoms with Gasteiger partial charge in [0, 0.05) is 6.04 Å². The van der Waals surface area contributed by atoms with E-state index in [4.69, 9.17) is 0 Å². The molecule has 1 fully saturated rings. The average molecular weight is 156 g/mol. The topological polar surface area (TPSA) is 49.4 Å². The monoisotopic (exact) mass is 156 g/mol. The molecule has 1 N–H and O–H groups in total. The molecule has 0 bridgehead atoms. The van der Waals surface area contributed by atoms with Crippen molar-refractivity contribution in [3.63, 3.8) is 0 Å². The highest BCUT2D eigenvalue weighted by atomic mass is 16.2. The summed E-state index contributed by atoms with van der Waals surface area (Å²) in [6, 6.07) is -0.517. The molecule has 1 unspecified atom stereocenters. The number of imide groups is 1. The van der Waals surface area contributed by atoms with Gasteiger partial charge in [0.15, 0.2) is 0 Å². The van der Waals surface area contributed by atoms with Crippen molar-refractivity contribution in [2.24, 2.45) is 0 Å². The van der Waals surface area contributed by atoms with E-state index in [0.29, 0.717) is 0 Å². The van der Waals surface area contributed by atoms with E-state index in [0.717, 1.165) is 0 Å². The second kappa shape index (κ2) is 2.53. The number of rotatable bonds is 1. The van der Waals surface area contributed by atoms with E-state index in [2.05, 4.69) is 5.32 Å². The Kier molecular flexibility index (Phi) is 1.85. The molecule has 1 aliphatic rings. The highest BCUT2D eigenvalue weighted by Gasteiger charge is 2.36. The van der Waals surface area contributed by atoms with Gasteiger partial charge in [-0.15, -0.1) is 0 Å². The summed E-state index contributed by atoms with van der Waals surface area (Å²) in [4.78, 5) is 23.5. The van der Waals surface area contributed by atoms with Crippen LogP contribution in [0.15, 0.2) is 0 Å². The lowest BCUT2D eigenvalue weighted by Crippen LogP contribution is -2.38. The van der Waals surface area contributed by atoms with Crippen molar-refractivity contribution < 1.29 is 9.59 Å². The Morgan fingerprint density at radius 1 is 1.45 bits per heavy atom. The number of carbonyl (C=O) groups is 2. The molecular weight excluding hydrogens is 144 g/mol. The van der Waals surface area contributed by atoms with E-state index in [1.807, 2.05) is 13.8 Å². The van der Waals surface area contributed by atoms with Gasteiger partial charge >= 0.3 is 6.03 Å². The Labute approximate surface area is 65.6 Å². The van der Waals surface area contributed by atoms with Crippen LogP contribution in [0.4, 0.5) is 4.79 Å². The molecule has 0 saturated carbocycles. The molecule has 1 aliphatic heterocycles. The lowest BCUT2D eigenvalue weighted by molar-refractivity contribution is -0.121. The number of nitrogens with zero attached hydrogens (tertiary/aromatic N) is 1. The lowest BCUT2D eigenvalue weighted by Gasteiger charge is -2.22. The maximum atomic E-state index is 11.0. The Hall–Kier alpha value is -1.06. The summed E-state index contributed by atoms with van der Waals surface area (Å²) in [5, 5.41) is 2.25. The largest absolute Gasteiger partial charge is 0.325 e. The number of carbonyl (C=O) groups excluding carboxylic acids is 2. The van der Waals surface area contributed by atoms with Gasteiger partial charge in [-0.25, -0.2) is 4.79 Å². The molecule has 0 radical (unpaired) electrons. The lowest BCUT2D eigenvalue weighted by atomic mass is 10.2. The molecule has 0 aromatic heterocycles. The quantitative estimate of drug-likeness (QED) is 0.556. The SMILES string of the molecule is CC(C)N1C(=O)NC(=O)C1C. The van der Waals surface area contributed by atoms with Crippen LogP contribution in [0.3, 0.4) is 0 Å². The van der Waals surface area contributed by atoms with Crippen molar-refractivity contribution in [1.82, 2.24) is 10.2 Å². The standard InChI is InChI=1S/C7H12N2O2/c1-4(2)9-5(3)6(10)8-7(9)11/h4-5H,1-3H3,(H,8,10,11). The van der Waals surface area contributed by atoms with Crippen molar-refractivity contribution in [2.75, 3.05) is 0 Å². The second-order valence-corrected chi connectivity index (χ2v) is 2.97. The van der Waals surface area contributed by atoms with Gasteiger partial charge in [0.2, 0.25) is 0 Å². The van der Waals surface area contributed by atoms with E-state index in [1.54, 1.807) is 6.92 Å². The van der Waals surface area contributed by atoms with Crippen molar-refractivity contribution in [1.29, 1.82) is 0 Å². The molecule has 3 amide bonds. The average Bonchev–Trinajstić information content (AvgIpc) is 2.07. The molecule has 1 rings (SSSR count). The zero-order chi connectivity index (χ0) is 8.59. The maximum absolute atomic E-state index is 11.0. The summed E-state index contributed by atoms with van der Waals surface area (Å²) < 4.78 is 0. The van der Waals surface area contributed by atoms with Crippen LogP contribution in [-0.2, 0) is 4.79 Å². The molecule has 1 saturated heterocycles. The first kappa shape index (κ1) is 8.04. The Morgan fingerprint density at radius 2 is 2.00 bits per heavy atom. The summed E-state index contributed by atoms with van der Waals surface area (Å²) in [6.45, 7) is 5.49. The smallest absolute Gasteiger partial charge is 0.310 e. The van der Waals surface area contributed by atoms with Gasteiger partial charge in [-0.05, 0) is 20.8 Å². The van der Waals surface area contributed by atoms with Crippen LogP contribution in [-0.4, -0.2) is 28.9 Å².